The zero-order chi connectivity index (χ0) is 24.6. The van der Waals surface area contributed by atoms with Crippen molar-refractivity contribution in [2.24, 2.45) is 5.16 Å². The SMILES string of the molecule is CC(C)(ON=C(C(=O)NC1C(=O)N(S(=O)(=O)O)C1Cn1cncn1)c1csc(N)n1)C(=O)O. The molecular weight excluding hydrogens is 484 g/mol. The van der Waals surface area contributed by atoms with E-state index in [-0.39, 0.29) is 21.7 Å². The van der Waals surface area contributed by atoms with Crippen molar-refractivity contribution >= 4 is 50.3 Å². The standard InChI is InChI=1S/C15H18N8O8S2/c1-15(2,13(26)27)31-21-9(7-4-32-14(16)19-7)11(24)20-10-8(3-22-6-17-5-18-22)23(12(10)25)33(28,29)30/h4-6,8,10H,3H2,1-2H3,(H2,16,19)(H,20,24)(H,26,27)(H,28,29,30). The zero-order valence-electron chi connectivity index (χ0n) is 17.0. The maximum Gasteiger partial charge on any atom is 0.362 e. The number of aromatic nitrogens is 4. The molecule has 0 bridgehead atoms. The molecule has 2 aromatic rings. The van der Waals surface area contributed by atoms with Crippen molar-refractivity contribution in [3.63, 3.8) is 0 Å². The number of nitrogens with zero attached hydrogens (tertiary/aromatic N) is 6. The Hall–Kier alpha value is -3.64. The monoisotopic (exact) mass is 502 g/mol. The predicted molar refractivity (Wildman–Crippen MR) is 110 cm³/mol. The number of carbonyl (C=O) groups excluding carboxylic acids is 2. The van der Waals surface area contributed by atoms with E-state index in [0.717, 1.165) is 11.3 Å². The summed E-state index contributed by atoms with van der Waals surface area (Å²) in [6.45, 7) is 2.16. The van der Waals surface area contributed by atoms with E-state index < -0.39 is 51.5 Å². The molecule has 0 aromatic carbocycles. The molecule has 3 heterocycles. The summed E-state index contributed by atoms with van der Waals surface area (Å²) < 4.78 is 34.0. The molecule has 16 nitrogen and oxygen atoms in total. The molecule has 0 saturated carbocycles. The van der Waals surface area contributed by atoms with Crippen LogP contribution in [0.5, 0.6) is 0 Å². The van der Waals surface area contributed by atoms with Crippen molar-refractivity contribution in [1.29, 1.82) is 0 Å². The summed E-state index contributed by atoms with van der Waals surface area (Å²) in [6.07, 6.45) is 2.42. The highest BCUT2D eigenvalue weighted by Crippen LogP contribution is 2.25. The molecule has 2 aromatic heterocycles. The molecule has 0 radical (unpaired) electrons. The van der Waals surface area contributed by atoms with Crippen LogP contribution in [0.1, 0.15) is 19.5 Å². The lowest BCUT2D eigenvalue weighted by atomic mass is 9.98. The second kappa shape index (κ2) is 8.71. The third-order valence-electron chi connectivity index (χ3n) is 4.40. The summed E-state index contributed by atoms with van der Waals surface area (Å²) >= 11 is 0.964. The Kier molecular flexibility index (Phi) is 6.34. The second-order valence-corrected chi connectivity index (χ2v) is 9.34. The third-order valence-corrected chi connectivity index (χ3v) is 6.03. The number of β-lactam (4-membered cyclic amide) rings is 1. The number of nitrogens with one attached hydrogen (secondary N) is 1. The molecule has 0 aliphatic carbocycles. The average Bonchev–Trinajstić information content (AvgIpc) is 3.36. The smallest absolute Gasteiger partial charge is 0.362 e. The minimum atomic E-state index is -4.92. The first kappa shape index (κ1) is 24.0. The number of carboxylic acid groups (broad SMARTS) is 1. The summed E-state index contributed by atoms with van der Waals surface area (Å²) in [5.74, 6) is -3.51. The van der Waals surface area contributed by atoms with Gasteiger partial charge in [0.25, 0.3) is 11.8 Å². The van der Waals surface area contributed by atoms with Gasteiger partial charge in [-0.25, -0.2) is 19.1 Å². The van der Waals surface area contributed by atoms with E-state index in [2.05, 4.69) is 25.5 Å². The molecule has 0 spiro atoms. The third kappa shape index (κ3) is 5.07. The van der Waals surface area contributed by atoms with Crippen molar-refractivity contribution in [3.05, 3.63) is 23.7 Å². The summed E-state index contributed by atoms with van der Waals surface area (Å²) in [5.41, 5.74) is 3.21. The lowest BCUT2D eigenvalue weighted by molar-refractivity contribution is -0.161. The van der Waals surface area contributed by atoms with Crippen molar-refractivity contribution in [2.45, 2.75) is 38.1 Å². The van der Waals surface area contributed by atoms with E-state index >= 15 is 0 Å². The zero-order valence-corrected chi connectivity index (χ0v) is 18.6. The Morgan fingerprint density at radius 3 is 2.64 bits per heavy atom. The highest BCUT2D eigenvalue weighted by atomic mass is 32.2. The van der Waals surface area contributed by atoms with Crippen LogP contribution in [-0.4, -0.2) is 83.3 Å². The van der Waals surface area contributed by atoms with Gasteiger partial charge in [0.15, 0.2) is 10.8 Å². The molecular formula is C15H18N8O8S2. The van der Waals surface area contributed by atoms with Crippen LogP contribution < -0.4 is 11.1 Å². The number of hydrogen-bond acceptors (Lipinski definition) is 12. The van der Waals surface area contributed by atoms with Gasteiger partial charge < -0.3 is 21.0 Å². The number of aliphatic carboxylic acids is 1. The molecule has 178 valence electrons. The van der Waals surface area contributed by atoms with E-state index in [9.17, 15) is 32.5 Å². The maximum atomic E-state index is 12.9. The number of thiazole rings is 1. The molecule has 2 amide bonds. The van der Waals surface area contributed by atoms with Crippen molar-refractivity contribution < 1.29 is 37.3 Å². The predicted octanol–water partition coefficient (Wildman–Crippen LogP) is -1.90. The highest BCUT2D eigenvalue weighted by Gasteiger charge is 2.54. The number of nitrogen functional groups attached to an aromatic ring is 1. The van der Waals surface area contributed by atoms with Gasteiger partial charge >= 0.3 is 16.3 Å². The minimum absolute atomic E-state index is 0.0672. The average molecular weight is 502 g/mol. The molecule has 5 N–H and O–H groups in total. The molecule has 2 unspecified atom stereocenters. The van der Waals surface area contributed by atoms with E-state index in [1.54, 1.807) is 0 Å². The fourth-order valence-corrected chi connectivity index (χ4v) is 4.09. The number of carbonyl (C=O) groups is 3. The van der Waals surface area contributed by atoms with Gasteiger partial charge in [-0.1, -0.05) is 5.16 Å². The maximum absolute atomic E-state index is 12.9. The second-order valence-electron chi connectivity index (χ2n) is 7.17. The lowest BCUT2D eigenvalue weighted by Gasteiger charge is -2.43. The Labute approximate surface area is 189 Å². The minimum Gasteiger partial charge on any atom is -0.478 e. The number of nitrogens with two attached hydrogens (primary N) is 1. The summed E-state index contributed by atoms with van der Waals surface area (Å²) in [6, 6.07) is -2.64. The molecule has 3 rings (SSSR count). The summed E-state index contributed by atoms with van der Waals surface area (Å²) in [5, 5.41) is 20.3. The molecule has 2 atom stereocenters. The van der Waals surface area contributed by atoms with Crippen LogP contribution in [0.2, 0.25) is 0 Å². The Balaban J connectivity index is 1.88. The number of carboxylic acids is 1. The Morgan fingerprint density at radius 1 is 1.42 bits per heavy atom. The first-order chi connectivity index (χ1) is 15.3. The van der Waals surface area contributed by atoms with E-state index in [0.29, 0.717) is 0 Å². The van der Waals surface area contributed by atoms with Crippen LogP contribution in [0.25, 0.3) is 0 Å². The van der Waals surface area contributed by atoms with Crippen LogP contribution >= 0.6 is 11.3 Å². The van der Waals surface area contributed by atoms with Crippen molar-refractivity contribution in [1.82, 2.24) is 29.4 Å². The number of anilines is 1. The van der Waals surface area contributed by atoms with Crippen molar-refractivity contribution in [3.8, 4) is 0 Å². The topological polar surface area (TPSA) is 232 Å². The number of rotatable bonds is 9. The first-order valence-electron chi connectivity index (χ1n) is 8.96. The fraction of sp³-hybridized carbons (Fsp3) is 0.400. The van der Waals surface area contributed by atoms with E-state index in [1.807, 2.05) is 0 Å². The van der Waals surface area contributed by atoms with E-state index in [1.165, 1.54) is 36.6 Å². The van der Waals surface area contributed by atoms with Gasteiger partial charge in [-0.2, -0.15) is 13.5 Å². The quantitative estimate of drug-likeness (QED) is 0.127. The first-order valence-corrected chi connectivity index (χ1v) is 11.2. The van der Waals surface area contributed by atoms with Crippen LogP contribution in [0.3, 0.4) is 0 Å². The van der Waals surface area contributed by atoms with Gasteiger partial charge in [0, 0.05) is 5.38 Å². The molecule has 33 heavy (non-hydrogen) atoms. The van der Waals surface area contributed by atoms with Gasteiger partial charge in [0.05, 0.1) is 12.6 Å². The molecule has 18 heteroatoms. The van der Waals surface area contributed by atoms with Crippen molar-refractivity contribution in [2.75, 3.05) is 5.73 Å². The normalized spacial score (nSPS) is 19.2. The Morgan fingerprint density at radius 2 is 2.12 bits per heavy atom. The number of amides is 2. The lowest BCUT2D eigenvalue weighted by Crippen LogP contribution is -2.73. The van der Waals surface area contributed by atoms with Gasteiger partial charge in [0.2, 0.25) is 5.60 Å². The van der Waals surface area contributed by atoms with Gasteiger partial charge in [-0.3, -0.25) is 18.8 Å². The number of oxime groups is 1. The number of hydrogen-bond donors (Lipinski definition) is 4. The summed E-state index contributed by atoms with van der Waals surface area (Å²) in [4.78, 5) is 49.2. The summed E-state index contributed by atoms with van der Waals surface area (Å²) in [7, 11) is -4.92. The molecule has 1 aliphatic heterocycles. The van der Waals surface area contributed by atoms with Gasteiger partial charge in [-0.15, -0.1) is 11.3 Å². The van der Waals surface area contributed by atoms with Crippen LogP contribution in [0, 0.1) is 0 Å². The fourth-order valence-electron chi connectivity index (χ4n) is 2.67. The molecule has 1 fully saturated rings. The Bertz CT molecular complexity index is 1210. The van der Waals surface area contributed by atoms with Gasteiger partial charge in [0.1, 0.15) is 24.4 Å². The largest absolute Gasteiger partial charge is 0.478 e. The van der Waals surface area contributed by atoms with Crippen LogP contribution in [0.4, 0.5) is 5.13 Å². The van der Waals surface area contributed by atoms with Crippen LogP contribution in [0.15, 0.2) is 23.2 Å². The van der Waals surface area contributed by atoms with E-state index in [4.69, 9.17) is 10.6 Å². The van der Waals surface area contributed by atoms with Crippen LogP contribution in [-0.2, 0) is 36.1 Å². The molecule has 1 saturated heterocycles. The molecule has 1 aliphatic rings. The van der Waals surface area contributed by atoms with Gasteiger partial charge in [-0.05, 0) is 13.8 Å². The highest BCUT2D eigenvalue weighted by molar-refractivity contribution is 7.84.